The van der Waals surface area contributed by atoms with Crippen molar-refractivity contribution in [2.24, 2.45) is 0 Å². The zero-order valence-corrected chi connectivity index (χ0v) is 20.8. The number of methoxy groups -OCH3 is 1. The average Bonchev–Trinajstić information content (AvgIpc) is 2.95. The van der Waals surface area contributed by atoms with E-state index in [1.165, 1.54) is 11.1 Å². The zero-order chi connectivity index (χ0) is 25.3. The van der Waals surface area contributed by atoms with Crippen molar-refractivity contribution < 1.29 is 9.53 Å². The van der Waals surface area contributed by atoms with Crippen LogP contribution in [0.15, 0.2) is 96.7 Å². The summed E-state index contributed by atoms with van der Waals surface area (Å²) in [5, 5.41) is 12.9. The Kier molecular flexibility index (Phi) is 8.38. The molecule has 3 aromatic carbocycles. The van der Waals surface area contributed by atoms with Crippen LogP contribution in [-0.4, -0.2) is 49.0 Å². The van der Waals surface area contributed by atoms with Crippen molar-refractivity contribution in [2.45, 2.75) is 19.0 Å². The van der Waals surface area contributed by atoms with Crippen LogP contribution in [0.4, 0.5) is 0 Å². The van der Waals surface area contributed by atoms with Gasteiger partial charge in [0.2, 0.25) is 0 Å². The van der Waals surface area contributed by atoms with Crippen LogP contribution in [0.5, 0.6) is 5.75 Å². The summed E-state index contributed by atoms with van der Waals surface area (Å²) in [4.78, 5) is 17.3. The number of hydrogen-bond donors (Lipinski definition) is 1. The molecule has 0 aliphatic carbocycles. The Balaban J connectivity index is 1.40. The SMILES string of the molecule is COc1ccc(C(C)N/C=C(/C#N)C(=O)N2CCN(C(c3ccccc3)c3ccccc3)CC2)cc1. The van der Waals surface area contributed by atoms with Crippen molar-refractivity contribution in [3.05, 3.63) is 113 Å². The number of hydrogen-bond acceptors (Lipinski definition) is 5. The highest BCUT2D eigenvalue weighted by Crippen LogP contribution is 2.29. The molecule has 0 radical (unpaired) electrons. The summed E-state index contributed by atoms with van der Waals surface area (Å²) in [7, 11) is 1.63. The van der Waals surface area contributed by atoms with Gasteiger partial charge < -0.3 is 15.0 Å². The Morgan fingerprint density at radius 2 is 1.44 bits per heavy atom. The molecule has 1 aliphatic heterocycles. The Morgan fingerprint density at radius 3 is 1.94 bits per heavy atom. The van der Waals surface area contributed by atoms with Gasteiger partial charge in [-0.2, -0.15) is 5.26 Å². The molecule has 1 unspecified atom stereocenters. The van der Waals surface area contributed by atoms with E-state index in [-0.39, 0.29) is 23.6 Å². The fraction of sp³-hybridized carbons (Fsp3) is 0.267. The molecule has 0 aromatic heterocycles. The van der Waals surface area contributed by atoms with Crippen molar-refractivity contribution >= 4 is 5.91 Å². The Morgan fingerprint density at radius 1 is 0.889 bits per heavy atom. The summed E-state index contributed by atoms with van der Waals surface area (Å²) in [6, 6.07) is 30.8. The lowest BCUT2D eigenvalue weighted by atomic mass is 9.96. The molecule has 1 heterocycles. The third kappa shape index (κ3) is 5.94. The van der Waals surface area contributed by atoms with Crippen LogP contribution >= 0.6 is 0 Å². The number of rotatable bonds is 8. The Bertz CT molecular complexity index is 1160. The minimum atomic E-state index is -0.234. The Hall–Kier alpha value is -4.08. The van der Waals surface area contributed by atoms with Gasteiger partial charge in [0.25, 0.3) is 5.91 Å². The first-order chi connectivity index (χ1) is 17.6. The van der Waals surface area contributed by atoms with Crippen molar-refractivity contribution in [1.29, 1.82) is 5.26 Å². The fourth-order valence-corrected chi connectivity index (χ4v) is 4.58. The average molecular weight is 481 g/mol. The van der Waals surface area contributed by atoms with Crippen LogP contribution in [0, 0.1) is 11.3 Å². The highest BCUT2D eigenvalue weighted by atomic mass is 16.5. The number of nitrogens with one attached hydrogen (secondary N) is 1. The predicted octanol–water partition coefficient (Wildman–Crippen LogP) is 4.69. The maximum atomic E-state index is 13.1. The standard InChI is InChI=1S/C30H32N4O2/c1-23(24-13-15-28(36-2)16-14-24)32-22-27(21-31)30(35)34-19-17-33(18-20-34)29(25-9-5-3-6-10-25)26-11-7-4-8-12-26/h3-16,22-23,29,32H,17-20H2,1-2H3/b27-22-. The smallest absolute Gasteiger partial charge is 0.266 e. The van der Waals surface area contributed by atoms with Crippen LogP contribution < -0.4 is 10.1 Å². The van der Waals surface area contributed by atoms with Crippen molar-refractivity contribution in [3.8, 4) is 11.8 Å². The normalized spacial score (nSPS) is 15.3. The summed E-state index contributed by atoms with van der Waals surface area (Å²) >= 11 is 0. The van der Waals surface area contributed by atoms with E-state index in [1.54, 1.807) is 18.2 Å². The molecule has 0 spiro atoms. The summed E-state index contributed by atoms with van der Waals surface area (Å²) in [5.41, 5.74) is 3.63. The first-order valence-corrected chi connectivity index (χ1v) is 12.2. The molecule has 1 N–H and O–H groups in total. The zero-order valence-electron chi connectivity index (χ0n) is 20.8. The lowest BCUT2D eigenvalue weighted by Crippen LogP contribution is -2.50. The van der Waals surface area contributed by atoms with Gasteiger partial charge in [0.1, 0.15) is 17.4 Å². The van der Waals surface area contributed by atoms with Gasteiger partial charge in [-0.15, -0.1) is 0 Å². The molecule has 6 nitrogen and oxygen atoms in total. The van der Waals surface area contributed by atoms with Gasteiger partial charge in [0.15, 0.2) is 0 Å². The molecule has 0 bridgehead atoms. The molecule has 184 valence electrons. The molecule has 0 saturated carbocycles. The largest absolute Gasteiger partial charge is 0.497 e. The molecular formula is C30H32N4O2. The van der Waals surface area contributed by atoms with Gasteiger partial charge in [-0.3, -0.25) is 9.69 Å². The number of carbonyl (C=O) groups excluding carboxylic acids is 1. The maximum Gasteiger partial charge on any atom is 0.266 e. The molecule has 1 atom stereocenters. The van der Waals surface area contributed by atoms with Gasteiger partial charge in [0.05, 0.1) is 13.2 Å². The quantitative estimate of drug-likeness (QED) is 0.374. The third-order valence-electron chi connectivity index (χ3n) is 6.64. The van der Waals surface area contributed by atoms with E-state index in [0.717, 1.165) is 24.4 Å². The first kappa shape index (κ1) is 25.0. The fourth-order valence-electron chi connectivity index (χ4n) is 4.58. The number of carbonyl (C=O) groups is 1. The number of benzene rings is 3. The summed E-state index contributed by atoms with van der Waals surface area (Å²) in [6.45, 7) is 4.59. The summed E-state index contributed by atoms with van der Waals surface area (Å²) in [5.74, 6) is 0.554. The monoisotopic (exact) mass is 480 g/mol. The molecule has 6 heteroatoms. The van der Waals surface area contributed by atoms with E-state index in [2.05, 4.69) is 64.8 Å². The van der Waals surface area contributed by atoms with E-state index < -0.39 is 0 Å². The van der Waals surface area contributed by atoms with Gasteiger partial charge in [-0.1, -0.05) is 72.8 Å². The second-order valence-electron chi connectivity index (χ2n) is 8.88. The lowest BCUT2D eigenvalue weighted by Gasteiger charge is -2.39. The Labute approximate surface area is 213 Å². The summed E-state index contributed by atoms with van der Waals surface area (Å²) < 4.78 is 5.21. The molecule has 1 fully saturated rings. The van der Waals surface area contributed by atoms with Crippen molar-refractivity contribution in [3.63, 3.8) is 0 Å². The van der Waals surface area contributed by atoms with Crippen LogP contribution in [0.1, 0.15) is 35.7 Å². The summed E-state index contributed by atoms with van der Waals surface area (Å²) in [6.07, 6.45) is 1.54. The van der Waals surface area contributed by atoms with Gasteiger partial charge in [-0.25, -0.2) is 0 Å². The number of ether oxygens (including phenoxy) is 1. The highest BCUT2D eigenvalue weighted by Gasteiger charge is 2.29. The number of piperazine rings is 1. The maximum absolute atomic E-state index is 13.1. The lowest BCUT2D eigenvalue weighted by molar-refractivity contribution is -0.128. The molecule has 1 aliphatic rings. The topological polar surface area (TPSA) is 68.6 Å². The van der Waals surface area contributed by atoms with Gasteiger partial charge in [0, 0.05) is 38.4 Å². The van der Waals surface area contributed by atoms with E-state index in [0.29, 0.717) is 13.1 Å². The predicted molar refractivity (Wildman–Crippen MR) is 141 cm³/mol. The number of nitriles is 1. The van der Waals surface area contributed by atoms with Gasteiger partial charge >= 0.3 is 0 Å². The number of nitrogens with zero attached hydrogens (tertiary/aromatic N) is 3. The molecule has 3 aromatic rings. The first-order valence-electron chi connectivity index (χ1n) is 12.2. The second-order valence-corrected chi connectivity index (χ2v) is 8.88. The minimum absolute atomic E-state index is 0.0543. The van der Waals surface area contributed by atoms with Crippen LogP contribution in [0.2, 0.25) is 0 Å². The molecule has 1 saturated heterocycles. The third-order valence-corrected chi connectivity index (χ3v) is 6.64. The van der Waals surface area contributed by atoms with E-state index in [4.69, 9.17) is 4.74 Å². The van der Waals surface area contributed by atoms with Crippen LogP contribution in [0.25, 0.3) is 0 Å². The number of amides is 1. The second kappa shape index (κ2) is 12.1. The van der Waals surface area contributed by atoms with Crippen LogP contribution in [-0.2, 0) is 4.79 Å². The van der Waals surface area contributed by atoms with Crippen molar-refractivity contribution in [2.75, 3.05) is 33.3 Å². The van der Waals surface area contributed by atoms with E-state index >= 15 is 0 Å². The van der Waals surface area contributed by atoms with Crippen molar-refractivity contribution in [1.82, 2.24) is 15.1 Å². The van der Waals surface area contributed by atoms with E-state index in [1.807, 2.05) is 43.3 Å². The highest BCUT2D eigenvalue weighted by molar-refractivity contribution is 5.97. The molecule has 1 amide bonds. The van der Waals surface area contributed by atoms with Crippen LogP contribution in [0.3, 0.4) is 0 Å². The van der Waals surface area contributed by atoms with Gasteiger partial charge in [-0.05, 0) is 35.7 Å². The minimum Gasteiger partial charge on any atom is -0.497 e. The van der Waals surface area contributed by atoms with E-state index in [9.17, 15) is 10.1 Å². The molecule has 36 heavy (non-hydrogen) atoms. The molecule has 4 rings (SSSR count). The molecular weight excluding hydrogens is 448 g/mol.